The fraction of sp³-hybridized carbons (Fsp3) is 0.417. The van der Waals surface area contributed by atoms with E-state index in [0.717, 1.165) is 6.07 Å². The second-order valence-corrected chi connectivity index (χ2v) is 3.66. The Balaban J connectivity index is 2.93. The van der Waals surface area contributed by atoms with Gasteiger partial charge in [-0.25, -0.2) is 4.39 Å². The van der Waals surface area contributed by atoms with Crippen molar-refractivity contribution in [2.45, 2.75) is 13.3 Å². The normalized spacial score (nSPS) is 10.3. The zero-order valence-electron chi connectivity index (χ0n) is 9.82. The summed E-state index contributed by atoms with van der Waals surface area (Å²) in [5.41, 5.74) is 5.10. The minimum Gasteiger partial charge on any atom is -0.507 e. The average molecular weight is 240 g/mol. The smallest absolute Gasteiger partial charge is 0.260 e. The van der Waals surface area contributed by atoms with Crippen molar-refractivity contribution in [2.24, 2.45) is 5.73 Å². The molecule has 0 aliphatic rings. The van der Waals surface area contributed by atoms with Gasteiger partial charge in [0.1, 0.15) is 17.1 Å². The molecule has 0 spiro atoms. The molecule has 0 saturated heterocycles. The molecule has 0 aromatic heterocycles. The lowest BCUT2D eigenvalue weighted by Gasteiger charge is -2.21. The number of rotatable bonds is 5. The van der Waals surface area contributed by atoms with Crippen LogP contribution in [0, 0.1) is 5.82 Å². The number of benzene rings is 1. The standard InChI is InChI=1S/C12H17FN2O2/c1-2-15(8-4-7-14)12(17)11-9(13)5-3-6-10(11)16/h3,5-6,16H,2,4,7-8,14H2,1H3. The SMILES string of the molecule is CCN(CCCN)C(=O)c1c(O)cccc1F. The number of phenols is 1. The fourth-order valence-electron chi connectivity index (χ4n) is 1.57. The summed E-state index contributed by atoms with van der Waals surface area (Å²) >= 11 is 0. The van der Waals surface area contributed by atoms with E-state index >= 15 is 0 Å². The number of hydrogen-bond acceptors (Lipinski definition) is 3. The number of nitrogens with zero attached hydrogens (tertiary/aromatic N) is 1. The van der Waals surface area contributed by atoms with Gasteiger partial charge in [-0.05, 0) is 32.0 Å². The van der Waals surface area contributed by atoms with Gasteiger partial charge in [0, 0.05) is 13.1 Å². The summed E-state index contributed by atoms with van der Waals surface area (Å²) in [6, 6.07) is 3.81. The third-order valence-electron chi connectivity index (χ3n) is 2.51. The molecule has 0 heterocycles. The maximum atomic E-state index is 13.5. The molecule has 0 atom stereocenters. The van der Waals surface area contributed by atoms with Gasteiger partial charge in [0.2, 0.25) is 0 Å². The zero-order valence-corrected chi connectivity index (χ0v) is 9.82. The highest BCUT2D eigenvalue weighted by Crippen LogP contribution is 2.21. The number of aromatic hydroxyl groups is 1. The molecule has 0 bridgehead atoms. The predicted octanol–water partition coefficient (Wildman–Crippen LogP) is 1.34. The number of nitrogens with two attached hydrogens (primary N) is 1. The van der Waals surface area contributed by atoms with Gasteiger partial charge in [0.15, 0.2) is 0 Å². The predicted molar refractivity (Wildman–Crippen MR) is 63.3 cm³/mol. The molecule has 0 unspecified atom stereocenters. The molecule has 3 N–H and O–H groups in total. The van der Waals surface area contributed by atoms with Crippen LogP contribution >= 0.6 is 0 Å². The van der Waals surface area contributed by atoms with E-state index in [-0.39, 0.29) is 11.3 Å². The first kappa shape index (κ1) is 13.4. The summed E-state index contributed by atoms with van der Waals surface area (Å²) in [6.45, 7) is 3.17. The summed E-state index contributed by atoms with van der Waals surface area (Å²) in [7, 11) is 0. The molecule has 5 heteroatoms. The summed E-state index contributed by atoms with van der Waals surface area (Å²) in [6.07, 6.45) is 0.648. The van der Waals surface area contributed by atoms with Gasteiger partial charge in [-0.3, -0.25) is 4.79 Å². The lowest BCUT2D eigenvalue weighted by atomic mass is 10.1. The number of hydrogen-bond donors (Lipinski definition) is 2. The van der Waals surface area contributed by atoms with Gasteiger partial charge in [0.25, 0.3) is 5.91 Å². The van der Waals surface area contributed by atoms with E-state index in [1.807, 2.05) is 0 Å². The highest BCUT2D eigenvalue weighted by molar-refractivity contribution is 5.97. The first-order chi connectivity index (χ1) is 8.11. The molecular formula is C12H17FN2O2. The van der Waals surface area contributed by atoms with Crippen LogP contribution in [0.15, 0.2) is 18.2 Å². The number of carbonyl (C=O) groups excluding carboxylic acids is 1. The topological polar surface area (TPSA) is 66.6 Å². The zero-order chi connectivity index (χ0) is 12.8. The van der Waals surface area contributed by atoms with Crippen LogP contribution in [-0.2, 0) is 0 Å². The Labute approximate surface area is 99.8 Å². The van der Waals surface area contributed by atoms with Gasteiger partial charge in [-0.2, -0.15) is 0 Å². The second-order valence-electron chi connectivity index (χ2n) is 3.66. The largest absolute Gasteiger partial charge is 0.507 e. The molecule has 0 fully saturated rings. The maximum absolute atomic E-state index is 13.5. The second kappa shape index (κ2) is 6.20. The summed E-state index contributed by atoms with van der Waals surface area (Å²) in [4.78, 5) is 13.5. The van der Waals surface area contributed by atoms with Gasteiger partial charge < -0.3 is 15.7 Å². The Kier molecular flexibility index (Phi) is 4.90. The van der Waals surface area contributed by atoms with Gasteiger partial charge in [-0.1, -0.05) is 6.07 Å². The first-order valence-corrected chi connectivity index (χ1v) is 5.58. The Hall–Kier alpha value is -1.62. The Morgan fingerprint density at radius 1 is 1.53 bits per heavy atom. The van der Waals surface area contributed by atoms with E-state index in [2.05, 4.69) is 0 Å². The van der Waals surface area contributed by atoms with Crippen LogP contribution in [0.25, 0.3) is 0 Å². The van der Waals surface area contributed by atoms with E-state index in [4.69, 9.17) is 5.73 Å². The minimum absolute atomic E-state index is 0.272. The molecule has 1 amide bonds. The molecule has 17 heavy (non-hydrogen) atoms. The third kappa shape index (κ3) is 3.17. The van der Waals surface area contributed by atoms with Crippen molar-refractivity contribution in [1.82, 2.24) is 4.90 Å². The van der Waals surface area contributed by atoms with Gasteiger partial charge >= 0.3 is 0 Å². The molecule has 4 nitrogen and oxygen atoms in total. The average Bonchev–Trinajstić information content (AvgIpc) is 2.30. The van der Waals surface area contributed by atoms with E-state index in [0.29, 0.717) is 26.1 Å². The molecule has 94 valence electrons. The van der Waals surface area contributed by atoms with Gasteiger partial charge in [-0.15, -0.1) is 0 Å². The molecule has 1 rings (SSSR count). The van der Waals surface area contributed by atoms with Crippen LogP contribution < -0.4 is 5.73 Å². The molecular weight excluding hydrogens is 223 g/mol. The van der Waals surface area contributed by atoms with Crippen molar-refractivity contribution < 1.29 is 14.3 Å². The lowest BCUT2D eigenvalue weighted by Crippen LogP contribution is -2.33. The van der Waals surface area contributed by atoms with Crippen molar-refractivity contribution in [3.8, 4) is 5.75 Å². The molecule has 0 radical (unpaired) electrons. The molecule has 0 aliphatic heterocycles. The molecule has 0 saturated carbocycles. The third-order valence-corrected chi connectivity index (χ3v) is 2.51. The maximum Gasteiger partial charge on any atom is 0.260 e. The minimum atomic E-state index is -0.707. The Morgan fingerprint density at radius 2 is 2.24 bits per heavy atom. The quantitative estimate of drug-likeness (QED) is 0.816. The molecule has 1 aromatic carbocycles. The fourth-order valence-corrected chi connectivity index (χ4v) is 1.57. The Morgan fingerprint density at radius 3 is 2.76 bits per heavy atom. The van der Waals surface area contributed by atoms with E-state index in [1.54, 1.807) is 6.92 Å². The highest BCUT2D eigenvalue weighted by Gasteiger charge is 2.21. The van der Waals surface area contributed by atoms with E-state index in [1.165, 1.54) is 17.0 Å². The van der Waals surface area contributed by atoms with Gasteiger partial charge in [0.05, 0.1) is 0 Å². The van der Waals surface area contributed by atoms with Crippen molar-refractivity contribution in [1.29, 1.82) is 0 Å². The molecule has 1 aromatic rings. The summed E-state index contributed by atoms with van der Waals surface area (Å²) < 4.78 is 13.5. The monoisotopic (exact) mass is 240 g/mol. The van der Waals surface area contributed by atoms with Crippen molar-refractivity contribution in [3.63, 3.8) is 0 Å². The highest BCUT2D eigenvalue weighted by atomic mass is 19.1. The summed E-state index contributed by atoms with van der Waals surface area (Å²) in [5, 5.41) is 9.52. The van der Waals surface area contributed by atoms with Crippen LogP contribution in [0.4, 0.5) is 4.39 Å². The lowest BCUT2D eigenvalue weighted by molar-refractivity contribution is 0.0755. The van der Waals surface area contributed by atoms with Crippen LogP contribution in [0.3, 0.4) is 0 Å². The first-order valence-electron chi connectivity index (χ1n) is 5.58. The van der Waals surface area contributed by atoms with Crippen LogP contribution in [0.1, 0.15) is 23.7 Å². The number of phenolic OH excluding ortho intramolecular Hbond substituents is 1. The molecule has 0 aliphatic carbocycles. The number of halogens is 1. The van der Waals surface area contributed by atoms with Crippen molar-refractivity contribution in [3.05, 3.63) is 29.6 Å². The van der Waals surface area contributed by atoms with Crippen LogP contribution in [-0.4, -0.2) is 35.5 Å². The number of amides is 1. The van der Waals surface area contributed by atoms with Crippen LogP contribution in [0.5, 0.6) is 5.75 Å². The van der Waals surface area contributed by atoms with Crippen molar-refractivity contribution >= 4 is 5.91 Å². The van der Waals surface area contributed by atoms with E-state index in [9.17, 15) is 14.3 Å². The number of carbonyl (C=O) groups is 1. The Bertz CT molecular complexity index is 376. The van der Waals surface area contributed by atoms with E-state index < -0.39 is 11.7 Å². The van der Waals surface area contributed by atoms with Crippen LogP contribution in [0.2, 0.25) is 0 Å². The van der Waals surface area contributed by atoms with Crippen molar-refractivity contribution in [2.75, 3.05) is 19.6 Å². The summed E-state index contributed by atoms with van der Waals surface area (Å²) in [5.74, 6) is -1.54.